The van der Waals surface area contributed by atoms with Crippen LogP contribution in [-0.2, 0) is 4.79 Å². The molecule has 3 aromatic rings. The predicted octanol–water partition coefficient (Wildman–Crippen LogP) is 4.96. The molecule has 0 aliphatic carbocycles. The lowest BCUT2D eigenvalue weighted by Gasteiger charge is -2.32. The van der Waals surface area contributed by atoms with Crippen LogP contribution in [0.3, 0.4) is 0 Å². The minimum absolute atomic E-state index is 0.0596. The van der Waals surface area contributed by atoms with E-state index in [1.54, 1.807) is 17.4 Å². The van der Waals surface area contributed by atoms with Gasteiger partial charge in [0.1, 0.15) is 5.75 Å². The number of carbonyl (C=O) groups is 2. The molecule has 1 atom stereocenters. The maximum atomic E-state index is 12.9. The molecule has 1 unspecified atom stereocenters. The van der Waals surface area contributed by atoms with Gasteiger partial charge in [0.25, 0.3) is 5.91 Å². The highest BCUT2D eigenvalue weighted by Crippen LogP contribution is 2.29. The Morgan fingerprint density at radius 2 is 2.03 bits per heavy atom. The molecule has 0 saturated carbocycles. The molecular formula is C21H19F2N3O3S2. The molecule has 1 fully saturated rings. The smallest absolute Gasteiger partial charge is 0.387 e. The van der Waals surface area contributed by atoms with Crippen molar-refractivity contribution in [3.63, 3.8) is 0 Å². The number of alkyl halides is 2. The van der Waals surface area contributed by atoms with E-state index in [9.17, 15) is 18.4 Å². The summed E-state index contributed by atoms with van der Waals surface area (Å²) in [5, 5.41) is 7.20. The number of hydrogen-bond acceptors (Lipinski definition) is 6. The molecular weight excluding hydrogens is 444 g/mol. The first-order valence-corrected chi connectivity index (χ1v) is 11.4. The third-order valence-electron chi connectivity index (χ3n) is 4.92. The first kappa shape index (κ1) is 21.4. The minimum atomic E-state index is -3.02. The molecule has 2 amide bonds. The third-order valence-corrected chi connectivity index (χ3v) is 6.57. The number of ether oxygens (including phenoxy) is 1. The Kier molecular flexibility index (Phi) is 6.57. The van der Waals surface area contributed by atoms with Gasteiger partial charge in [-0.05, 0) is 36.4 Å². The maximum Gasteiger partial charge on any atom is 0.387 e. The first-order valence-electron chi connectivity index (χ1n) is 9.64. The highest BCUT2D eigenvalue weighted by atomic mass is 32.1. The molecule has 6 nitrogen and oxygen atoms in total. The van der Waals surface area contributed by atoms with E-state index in [1.807, 2.05) is 22.9 Å². The van der Waals surface area contributed by atoms with Gasteiger partial charge in [-0.15, -0.1) is 22.7 Å². The number of likely N-dealkylation sites (tertiary alicyclic amines) is 1. The molecule has 4 rings (SSSR count). The van der Waals surface area contributed by atoms with Crippen LogP contribution in [0.25, 0.3) is 10.6 Å². The number of nitrogens with one attached hydrogen (secondary N) is 1. The average molecular weight is 464 g/mol. The van der Waals surface area contributed by atoms with E-state index in [1.165, 1.54) is 34.4 Å². The molecule has 2 aromatic heterocycles. The molecule has 1 aliphatic rings. The van der Waals surface area contributed by atoms with E-state index in [2.05, 4.69) is 15.0 Å². The lowest BCUT2D eigenvalue weighted by atomic mass is 9.96. The van der Waals surface area contributed by atoms with E-state index in [4.69, 9.17) is 0 Å². The quantitative estimate of drug-likeness (QED) is 0.561. The van der Waals surface area contributed by atoms with Crippen LogP contribution in [-0.4, -0.2) is 41.4 Å². The van der Waals surface area contributed by atoms with E-state index in [-0.39, 0.29) is 23.8 Å². The number of hydrogen-bond donors (Lipinski definition) is 1. The highest BCUT2D eigenvalue weighted by molar-refractivity contribution is 7.16. The first-order chi connectivity index (χ1) is 15.0. The van der Waals surface area contributed by atoms with Gasteiger partial charge in [0, 0.05) is 18.5 Å². The van der Waals surface area contributed by atoms with Crippen molar-refractivity contribution in [2.75, 3.05) is 18.4 Å². The van der Waals surface area contributed by atoms with Crippen molar-refractivity contribution in [2.45, 2.75) is 19.5 Å². The van der Waals surface area contributed by atoms with Crippen molar-refractivity contribution in [1.29, 1.82) is 0 Å². The molecule has 162 valence electrons. The van der Waals surface area contributed by atoms with Gasteiger partial charge in [-0.2, -0.15) is 8.78 Å². The molecule has 0 spiro atoms. The number of aromatic nitrogens is 1. The minimum Gasteiger partial charge on any atom is -0.434 e. The van der Waals surface area contributed by atoms with Crippen LogP contribution in [0.15, 0.2) is 47.2 Å². The fraction of sp³-hybridized carbons (Fsp3) is 0.286. The Hall–Kier alpha value is -2.85. The van der Waals surface area contributed by atoms with Crippen molar-refractivity contribution in [1.82, 2.24) is 9.88 Å². The van der Waals surface area contributed by atoms with Crippen molar-refractivity contribution < 1.29 is 23.1 Å². The van der Waals surface area contributed by atoms with Crippen molar-refractivity contribution in [3.05, 3.63) is 52.7 Å². The number of nitrogens with zero attached hydrogens (tertiary/aromatic N) is 2. The Morgan fingerprint density at radius 1 is 1.19 bits per heavy atom. The number of amides is 2. The van der Waals surface area contributed by atoms with E-state index in [0.29, 0.717) is 24.5 Å². The van der Waals surface area contributed by atoms with Crippen LogP contribution >= 0.6 is 22.7 Å². The Labute approximate surface area is 185 Å². The van der Waals surface area contributed by atoms with E-state index >= 15 is 0 Å². The molecule has 1 N–H and O–H groups in total. The molecule has 1 saturated heterocycles. The van der Waals surface area contributed by atoms with Gasteiger partial charge in [0.05, 0.1) is 22.1 Å². The van der Waals surface area contributed by atoms with Crippen molar-refractivity contribution >= 4 is 39.6 Å². The second kappa shape index (κ2) is 9.52. The molecule has 31 heavy (non-hydrogen) atoms. The Bertz CT molecular complexity index is 1060. The van der Waals surface area contributed by atoms with E-state index < -0.39 is 18.4 Å². The van der Waals surface area contributed by atoms with Gasteiger partial charge in [0.15, 0.2) is 5.13 Å². The van der Waals surface area contributed by atoms with Crippen molar-refractivity contribution in [3.8, 4) is 16.3 Å². The fourth-order valence-electron chi connectivity index (χ4n) is 3.46. The normalized spacial score (nSPS) is 16.4. The molecule has 0 bridgehead atoms. The topological polar surface area (TPSA) is 71.5 Å². The highest BCUT2D eigenvalue weighted by Gasteiger charge is 2.30. The number of thiophene rings is 1. The second-order valence-corrected chi connectivity index (χ2v) is 8.78. The summed E-state index contributed by atoms with van der Waals surface area (Å²) in [4.78, 5) is 32.7. The lowest BCUT2D eigenvalue weighted by Crippen LogP contribution is -2.43. The summed E-state index contributed by atoms with van der Waals surface area (Å²) in [5.41, 5.74) is 0.871. The monoisotopic (exact) mass is 463 g/mol. The summed E-state index contributed by atoms with van der Waals surface area (Å²) >= 11 is 2.92. The van der Waals surface area contributed by atoms with Gasteiger partial charge in [-0.1, -0.05) is 18.2 Å². The second-order valence-electron chi connectivity index (χ2n) is 6.97. The summed E-state index contributed by atoms with van der Waals surface area (Å²) < 4.78 is 29.8. The largest absolute Gasteiger partial charge is 0.434 e. The lowest BCUT2D eigenvalue weighted by molar-refractivity contribution is -0.121. The predicted molar refractivity (Wildman–Crippen MR) is 116 cm³/mol. The fourth-order valence-corrected chi connectivity index (χ4v) is 4.94. The number of carbonyl (C=O) groups excluding carboxylic acids is 2. The number of thiazole rings is 1. The maximum absolute atomic E-state index is 12.9. The zero-order valence-electron chi connectivity index (χ0n) is 16.3. The van der Waals surface area contributed by atoms with Gasteiger partial charge in [-0.3, -0.25) is 9.59 Å². The van der Waals surface area contributed by atoms with Crippen LogP contribution in [0.4, 0.5) is 13.9 Å². The average Bonchev–Trinajstić information content (AvgIpc) is 3.45. The molecule has 0 radical (unpaired) electrons. The Balaban J connectivity index is 1.41. The number of rotatable bonds is 6. The zero-order valence-corrected chi connectivity index (χ0v) is 17.9. The zero-order chi connectivity index (χ0) is 21.8. The summed E-state index contributed by atoms with van der Waals surface area (Å²) in [7, 11) is 0. The Morgan fingerprint density at radius 3 is 2.81 bits per heavy atom. The van der Waals surface area contributed by atoms with Crippen molar-refractivity contribution in [2.24, 2.45) is 5.92 Å². The van der Waals surface area contributed by atoms with Gasteiger partial charge >= 0.3 is 6.61 Å². The van der Waals surface area contributed by atoms with E-state index in [0.717, 1.165) is 10.6 Å². The van der Waals surface area contributed by atoms with Gasteiger partial charge < -0.3 is 15.0 Å². The molecule has 10 heteroatoms. The molecule has 3 heterocycles. The number of para-hydroxylation sites is 1. The summed E-state index contributed by atoms with van der Waals surface area (Å²) in [6.07, 6.45) is 1.27. The number of halogens is 2. The number of piperidine rings is 1. The van der Waals surface area contributed by atoms with Crippen LogP contribution in [0.2, 0.25) is 0 Å². The summed E-state index contributed by atoms with van der Waals surface area (Å²) in [6.45, 7) is -2.37. The summed E-state index contributed by atoms with van der Waals surface area (Å²) in [6, 6.07) is 9.81. The van der Waals surface area contributed by atoms with Gasteiger partial charge in [0.2, 0.25) is 5.91 Å². The molecule has 1 aromatic carbocycles. The van der Waals surface area contributed by atoms with Crippen LogP contribution in [0, 0.1) is 5.92 Å². The van der Waals surface area contributed by atoms with Gasteiger partial charge in [-0.25, -0.2) is 4.98 Å². The number of anilines is 1. The standard InChI is InChI=1S/C21H19F2N3O3S2/c22-20(23)29-16-7-2-1-6-14(16)19(28)26-9-3-5-13(11-26)18(27)25-21-24-15(12-31-21)17-8-4-10-30-17/h1-2,4,6-8,10,12-13,20H,3,5,9,11H2,(H,24,25,27). The summed E-state index contributed by atoms with van der Waals surface area (Å²) in [5.74, 6) is -1.21. The third kappa shape index (κ3) is 5.08. The number of benzene rings is 1. The van der Waals surface area contributed by atoms with Crippen LogP contribution in [0.1, 0.15) is 23.2 Å². The van der Waals surface area contributed by atoms with Crippen LogP contribution in [0.5, 0.6) is 5.75 Å². The van der Waals surface area contributed by atoms with Crippen LogP contribution < -0.4 is 10.1 Å². The molecule has 1 aliphatic heterocycles. The SMILES string of the molecule is O=C(Nc1nc(-c2cccs2)cs1)C1CCCN(C(=O)c2ccccc2OC(F)F)C1.